The lowest BCUT2D eigenvalue weighted by Gasteiger charge is -2.07. The molecule has 1 aromatic rings. The number of thiocarbonyl (C=S) groups is 1. The smallest absolute Gasteiger partial charge is 0.170 e. The van der Waals surface area contributed by atoms with Crippen LogP contribution in [0, 0.1) is 0 Å². The van der Waals surface area contributed by atoms with Crippen LogP contribution in [0.25, 0.3) is 0 Å². The van der Waals surface area contributed by atoms with Crippen molar-refractivity contribution < 1.29 is 0 Å². The van der Waals surface area contributed by atoms with E-state index >= 15 is 0 Å². The van der Waals surface area contributed by atoms with Crippen molar-refractivity contribution in [3.05, 3.63) is 28.7 Å². The predicted molar refractivity (Wildman–Crippen MR) is 59.4 cm³/mol. The van der Waals surface area contributed by atoms with E-state index in [0.717, 1.165) is 10.2 Å². The molecule has 12 heavy (non-hydrogen) atoms. The monoisotopic (exact) mass is 244 g/mol. The van der Waals surface area contributed by atoms with Crippen LogP contribution in [0.1, 0.15) is 0 Å². The molecule has 0 radical (unpaired) electrons. The van der Waals surface area contributed by atoms with Crippen LogP contribution in [0.15, 0.2) is 28.7 Å². The normalized spacial score (nSPS) is 9.17. The maximum Gasteiger partial charge on any atom is 0.170 e. The Labute approximate surface area is 85.5 Å². The van der Waals surface area contributed by atoms with E-state index in [4.69, 9.17) is 12.2 Å². The summed E-state index contributed by atoms with van der Waals surface area (Å²) in [5.41, 5.74) is 0.969. The Balaban J connectivity index is 2.75. The molecule has 0 spiro atoms. The van der Waals surface area contributed by atoms with E-state index < -0.39 is 0 Å². The minimum absolute atomic E-state index is 0.613. The lowest BCUT2D eigenvalue weighted by Crippen LogP contribution is -2.24. The summed E-state index contributed by atoms with van der Waals surface area (Å²) in [7, 11) is 1.78. The van der Waals surface area contributed by atoms with Crippen LogP contribution in [0.4, 0.5) is 5.69 Å². The van der Waals surface area contributed by atoms with Gasteiger partial charge in [-0.3, -0.25) is 0 Å². The van der Waals surface area contributed by atoms with Gasteiger partial charge in [-0.25, -0.2) is 0 Å². The molecule has 0 amide bonds. The van der Waals surface area contributed by atoms with Crippen molar-refractivity contribution in [3.63, 3.8) is 0 Å². The standard InChI is InChI=1S/C8H9BrN2S/c1-10-8(12)11-7-5-3-2-4-6(7)9/h2-5H,1H3,(H2,10,11,12). The van der Waals surface area contributed by atoms with Crippen molar-refractivity contribution in [2.75, 3.05) is 12.4 Å². The Bertz CT molecular complexity index is 288. The van der Waals surface area contributed by atoms with Gasteiger partial charge in [0.05, 0.1) is 5.69 Å². The summed E-state index contributed by atoms with van der Waals surface area (Å²) < 4.78 is 1.00. The molecular weight excluding hydrogens is 236 g/mol. The molecule has 64 valence electrons. The molecule has 0 atom stereocenters. The van der Waals surface area contributed by atoms with Crippen LogP contribution in [-0.2, 0) is 0 Å². The molecule has 0 aromatic heterocycles. The number of para-hydroxylation sites is 1. The van der Waals surface area contributed by atoms with E-state index in [0.29, 0.717) is 5.11 Å². The summed E-state index contributed by atoms with van der Waals surface area (Å²) in [4.78, 5) is 0. The molecule has 0 bridgehead atoms. The highest BCUT2D eigenvalue weighted by atomic mass is 79.9. The van der Waals surface area contributed by atoms with Gasteiger partial charge < -0.3 is 10.6 Å². The first kappa shape index (κ1) is 9.48. The Morgan fingerprint density at radius 1 is 1.42 bits per heavy atom. The first-order chi connectivity index (χ1) is 5.74. The van der Waals surface area contributed by atoms with Crippen molar-refractivity contribution in [1.82, 2.24) is 5.32 Å². The molecule has 4 heteroatoms. The Kier molecular flexibility index (Phi) is 3.49. The number of benzene rings is 1. The second-order valence-electron chi connectivity index (χ2n) is 2.18. The number of hydrogen-bond acceptors (Lipinski definition) is 1. The lowest BCUT2D eigenvalue weighted by atomic mass is 10.3. The fourth-order valence-electron chi connectivity index (χ4n) is 0.747. The van der Waals surface area contributed by atoms with Crippen LogP contribution < -0.4 is 10.6 Å². The minimum atomic E-state index is 0.613. The third-order valence-electron chi connectivity index (χ3n) is 1.35. The molecule has 0 saturated heterocycles. The molecule has 0 heterocycles. The Morgan fingerprint density at radius 2 is 2.08 bits per heavy atom. The predicted octanol–water partition coefficient (Wildman–Crippen LogP) is 2.37. The summed E-state index contributed by atoms with van der Waals surface area (Å²) >= 11 is 8.36. The van der Waals surface area contributed by atoms with E-state index in [2.05, 4.69) is 26.6 Å². The molecule has 0 saturated carbocycles. The maximum atomic E-state index is 4.95. The van der Waals surface area contributed by atoms with E-state index in [1.54, 1.807) is 7.05 Å². The second kappa shape index (κ2) is 4.42. The molecule has 2 N–H and O–H groups in total. The zero-order chi connectivity index (χ0) is 8.97. The van der Waals surface area contributed by atoms with Gasteiger partial charge in [0.25, 0.3) is 0 Å². The number of anilines is 1. The Morgan fingerprint density at radius 3 is 2.67 bits per heavy atom. The van der Waals surface area contributed by atoms with Crippen molar-refractivity contribution in [3.8, 4) is 0 Å². The van der Waals surface area contributed by atoms with Gasteiger partial charge in [0.1, 0.15) is 0 Å². The number of hydrogen-bond donors (Lipinski definition) is 2. The first-order valence-electron chi connectivity index (χ1n) is 3.47. The summed E-state index contributed by atoms with van der Waals surface area (Å²) in [5, 5.41) is 6.49. The molecule has 0 aliphatic rings. The highest BCUT2D eigenvalue weighted by molar-refractivity contribution is 9.10. The van der Waals surface area contributed by atoms with Gasteiger partial charge in [-0.05, 0) is 40.3 Å². The van der Waals surface area contributed by atoms with Gasteiger partial charge in [0.15, 0.2) is 5.11 Å². The molecule has 0 fully saturated rings. The number of halogens is 1. The van der Waals surface area contributed by atoms with Gasteiger partial charge in [0.2, 0.25) is 0 Å². The summed E-state index contributed by atoms with van der Waals surface area (Å²) in [5.74, 6) is 0. The zero-order valence-corrected chi connectivity index (χ0v) is 9.00. The van der Waals surface area contributed by atoms with E-state index in [9.17, 15) is 0 Å². The highest BCUT2D eigenvalue weighted by Gasteiger charge is 1.97. The molecule has 0 aliphatic carbocycles. The molecule has 0 aliphatic heterocycles. The third kappa shape index (κ3) is 2.46. The molecule has 0 unspecified atom stereocenters. The maximum absolute atomic E-state index is 4.95. The number of rotatable bonds is 1. The minimum Gasteiger partial charge on any atom is -0.366 e. The molecule has 2 nitrogen and oxygen atoms in total. The summed E-state index contributed by atoms with van der Waals surface area (Å²) in [6, 6.07) is 7.82. The van der Waals surface area contributed by atoms with Crippen molar-refractivity contribution in [2.45, 2.75) is 0 Å². The first-order valence-corrected chi connectivity index (χ1v) is 4.67. The van der Waals surface area contributed by atoms with Crippen LogP contribution in [0.3, 0.4) is 0 Å². The number of nitrogens with one attached hydrogen (secondary N) is 2. The second-order valence-corrected chi connectivity index (χ2v) is 3.45. The van der Waals surface area contributed by atoms with Gasteiger partial charge >= 0.3 is 0 Å². The summed E-state index contributed by atoms with van der Waals surface area (Å²) in [6.45, 7) is 0. The lowest BCUT2D eigenvalue weighted by molar-refractivity contribution is 1.20. The Hall–Kier alpha value is -0.610. The molecule has 1 rings (SSSR count). The third-order valence-corrected chi connectivity index (χ3v) is 2.35. The average Bonchev–Trinajstić information content (AvgIpc) is 2.09. The van der Waals surface area contributed by atoms with Crippen LogP contribution in [-0.4, -0.2) is 12.2 Å². The van der Waals surface area contributed by atoms with Crippen molar-refractivity contribution in [2.24, 2.45) is 0 Å². The fraction of sp³-hybridized carbons (Fsp3) is 0.125. The quantitative estimate of drug-likeness (QED) is 0.743. The average molecular weight is 245 g/mol. The van der Waals surface area contributed by atoms with Crippen LogP contribution in [0.5, 0.6) is 0 Å². The van der Waals surface area contributed by atoms with Crippen molar-refractivity contribution in [1.29, 1.82) is 0 Å². The highest BCUT2D eigenvalue weighted by Crippen LogP contribution is 2.20. The van der Waals surface area contributed by atoms with Crippen molar-refractivity contribution >= 4 is 38.9 Å². The van der Waals surface area contributed by atoms with Gasteiger partial charge in [-0.1, -0.05) is 12.1 Å². The zero-order valence-electron chi connectivity index (χ0n) is 6.60. The van der Waals surface area contributed by atoms with Gasteiger partial charge in [-0.2, -0.15) is 0 Å². The molecular formula is C8H9BrN2S. The largest absolute Gasteiger partial charge is 0.366 e. The van der Waals surface area contributed by atoms with E-state index in [-0.39, 0.29) is 0 Å². The van der Waals surface area contributed by atoms with Crippen LogP contribution >= 0.6 is 28.1 Å². The van der Waals surface area contributed by atoms with Gasteiger partial charge in [-0.15, -0.1) is 0 Å². The van der Waals surface area contributed by atoms with Crippen LogP contribution in [0.2, 0.25) is 0 Å². The fourth-order valence-corrected chi connectivity index (χ4v) is 1.24. The van der Waals surface area contributed by atoms with Gasteiger partial charge in [0, 0.05) is 11.5 Å². The summed E-state index contributed by atoms with van der Waals surface area (Å²) in [6.07, 6.45) is 0. The molecule has 1 aromatic carbocycles. The van der Waals surface area contributed by atoms with E-state index in [1.165, 1.54) is 0 Å². The topological polar surface area (TPSA) is 24.1 Å². The SMILES string of the molecule is CNC(=S)Nc1ccccc1Br. The van der Waals surface area contributed by atoms with E-state index in [1.807, 2.05) is 24.3 Å².